The van der Waals surface area contributed by atoms with E-state index in [2.05, 4.69) is 6.58 Å². The summed E-state index contributed by atoms with van der Waals surface area (Å²) in [5, 5.41) is 0. The van der Waals surface area contributed by atoms with Crippen LogP contribution in [0.25, 0.3) is 0 Å². The van der Waals surface area contributed by atoms with Crippen molar-refractivity contribution in [3.05, 3.63) is 35.2 Å². The van der Waals surface area contributed by atoms with Crippen LogP contribution in [0.1, 0.15) is 65.7 Å². The van der Waals surface area contributed by atoms with Gasteiger partial charge in [0.2, 0.25) is 5.91 Å². The second-order valence-corrected chi connectivity index (χ2v) is 6.89. The van der Waals surface area contributed by atoms with Crippen LogP contribution in [0.15, 0.2) is 12.7 Å². The number of ketones is 1. The number of esters is 2. The van der Waals surface area contributed by atoms with Crippen molar-refractivity contribution in [2.45, 2.75) is 53.5 Å². The Kier molecular flexibility index (Phi) is 9.49. The number of Topliss-reactive ketones (excluding diaryl/α,β-unsaturated/α-hetero) is 1. The number of carbonyl (C=O) groups is 4. The van der Waals surface area contributed by atoms with Crippen molar-refractivity contribution in [1.29, 1.82) is 0 Å². The molecule has 1 rings (SSSR count). The van der Waals surface area contributed by atoms with Crippen molar-refractivity contribution < 1.29 is 28.7 Å². The van der Waals surface area contributed by atoms with Crippen molar-refractivity contribution in [2.24, 2.45) is 7.05 Å². The monoisotopic (exact) mass is 420 g/mol. The first kappa shape index (κ1) is 25.1. The number of amides is 1. The Bertz CT molecular complexity index is 824. The molecule has 0 N–H and O–H groups in total. The van der Waals surface area contributed by atoms with Crippen LogP contribution in [0.2, 0.25) is 0 Å². The average molecular weight is 421 g/mol. The number of nitrogens with zero attached hydrogens (tertiary/aromatic N) is 2. The highest BCUT2D eigenvalue weighted by atomic mass is 16.5. The molecular formula is C22H32N2O6. The normalized spacial score (nSPS) is 11.5. The Hall–Kier alpha value is -2.90. The van der Waals surface area contributed by atoms with Crippen molar-refractivity contribution in [3.63, 3.8) is 0 Å². The van der Waals surface area contributed by atoms with Gasteiger partial charge in [-0.15, -0.1) is 6.58 Å². The molecule has 0 fully saturated rings. The van der Waals surface area contributed by atoms with Crippen molar-refractivity contribution in [1.82, 2.24) is 9.47 Å². The number of hydrogen-bond donors (Lipinski definition) is 0. The summed E-state index contributed by atoms with van der Waals surface area (Å²) in [4.78, 5) is 51.3. The summed E-state index contributed by atoms with van der Waals surface area (Å²) in [6, 6.07) is -0.799. The van der Waals surface area contributed by atoms with Gasteiger partial charge in [-0.3, -0.25) is 14.4 Å². The Balaban J connectivity index is 3.16. The Morgan fingerprint density at radius 2 is 1.70 bits per heavy atom. The van der Waals surface area contributed by atoms with E-state index in [1.807, 2.05) is 0 Å². The zero-order valence-electron chi connectivity index (χ0n) is 18.7. The van der Waals surface area contributed by atoms with Gasteiger partial charge in [-0.1, -0.05) is 6.08 Å². The molecule has 1 atom stereocenters. The maximum atomic E-state index is 13.3. The van der Waals surface area contributed by atoms with Gasteiger partial charge in [-0.05, 0) is 40.2 Å². The third-order valence-electron chi connectivity index (χ3n) is 4.99. The van der Waals surface area contributed by atoms with Crippen LogP contribution in [0, 0.1) is 13.8 Å². The summed E-state index contributed by atoms with van der Waals surface area (Å²) >= 11 is 0. The third-order valence-corrected chi connectivity index (χ3v) is 4.99. The van der Waals surface area contributed by atoms with Gasteiger partial charge in [0.05, 0.1) is 25.7 Å². The molecule has 166 valence electrons. The second-order valence-electron chi connectivity index (χ2n) is 6.89. The lowest BCUT2D eigenvalue weighted by Crippen LogP contribution is -2.43. The molecule has 0 saturated carbocycles. The van der Waals surface area contributed by atoms with Crippen LogP contribution in [0.4, 0.5) is 0 Å². The fourth-order valence-electron chi connectivity index (χ4n) is 3.38. The molecule has 0 radical (unpaired) electrons. The van der Waals surface area contributed by atoms with Crippen LogP contribution >= 0.6 is 0 Å². The van der Waals surface area contributed by atoms with Crippen molar-refractivity contribution in [2.75, 3.05) is 19.8 Å². The maximum absolute atomic E-state index is 13.3. The van der Waals surface area contributed by atoms with E-state index in [1.165, 1.54) is 11.0 Å². The molecule has 1 aromatic heterocycles. The quantitative estimate of drug-likeness (QED) is 0.310. The van der Waals surface area contributed by atoms with Crippen LogP contribution in [0.5, 0.6) is 0 Å². The molecule has 8 nitrogen and oxygen atoms in total. The fraction of sp³-hybridized carbons (Fsp3) is 0.545. The van der Waals surface area contributed by atoms with Gasteiger partial charge in [-0.2, -0.15) is 0 Å². The van der Waals surface area contributed by atoms with Crippen LogP contribution < -0.4 is 0 Å². The SMILES string of the molecule is C=CCN(C(=O)CCC(=O)OCC)C(C)C(=O)c1c(C)c(C(=O)OCC)n(C)c1C. The van der Waals surface area contributed by atoms with E-state index in [0.717, 1.165) is 0 Å². The fourth-order valence-corrected chi connectivity index (χ4v) is 3.38. The minimum Gasteiger partial charge on any atom is -0.466 e. The predicted octanol–water partition coefficient (Wildman–Crippen LogP) is 2.75. The first-order valence-corrected chi connectivity index (χ1v) is 10.0. The molecule has 1 amide bonds. The van der Waals surface area contributed by atoms with Crippen LogP contribution in [-0.4, -0.2) is 58.9 Å². The molecule has 0 spiro atoms. The number of carbonyl (C=O) groups excluding carboxylic acids is 4. The standard InChI is InChI=1S/C22H32N2O6/c1-8-13-24(17(25)11-12-18(26)29-9-2)16(6)21(27)19-14(4)20(22(28)30-10-3)23(7)15(19)5/h8,16H,1,9-13H2,2-7H3. The van der Waals surface area contributed by atoms with Gasteiger partial charge in [0.25, 0.3) is 0 Å². The maximum Gasteiger partial charge on any atom is 0.355 e. The zero-order valence-corrected chi connectivity index (χ0v) is 18.7. The summed E-state index contributed by atoms with van der Waals surface area (Å²) in [6.45, 7) is 12.8. The Morgan fingerprint density at radius 3 is 2.23 bits per heavy atom. The number of ether oxygens (including phenoxy) is 2. The summed E-state index contributed by atoms with van der Waals surface area (Å²) in [6.07, 6.45) is 1.41. The summed E-state index contributed by atoms with van der Waals surface area (Å²) in [5.74, 6) is -1.60. The average Bonchev–Trinajstić information content (AvgIpc) is 2.92. The van der Waals surface area contributed by atoms with E-state index in [-0.39, 0.29) is 44.3 Å². The van der Waals surface area contributed by atoms with E-state index in [4.69, 9.17) is 9.47 Å². The molecular weight excluding hydrogens is 388 g/mol. The van der Waals surface area contributed by atoms with Gasteiger partial charge < -0.3 is 18.9 Å². The van der Waals surface area contributed by atoms with Gasteiger partial charge in [0.15, 0.2) is 5.78 Å². The third kappa shape index (κ3) is 5.58. The highest BCUT2D eigenvalue weighted by Crippen LogP contribution is 2.25. The van der Waals surface area contributed by atoms with Gasteiger partial charge >= 0.3 is 11.9 Å². The van der Waals surface area contributed by atoms with E-state index < -0.39 is 18.0 Å². The Morgan fingerprint density at radius 1 is 1.10 bits per heavy atom. The van der Waals surface area contributed by atoms with Crippen molar-refractivity contribution in [3.8, 4) is 0 Å². The largest absolute Gasteiger partial charge is 0.466 e. The molecule has 1 heterocycles. The lowest BCUT2D eigenvalue weighted by atomic mass is 9.99. The van der Waals surface area contributed by atoms with E-state index in [1.54, 1.807) is 46.2 Å². The smallest absolute Gasteiger partial charge is 0.355 e. The van der Waals surface area contributed by atoms with E-state index in [0.29, 0.717) is 22.5 Å². The van der Waals surface area contributed by atoms with Crippen molar-refractivity contribution >= 4 is 23.6 Å². The second kappa shape index (κ2) is 11.3. The molecule has 1 unspecified atom stereocenters. The zero-order chi connectivity index (χ0) is 23.0. The highest BCUT2D eigenvalue weighted by Gasteiger charge is 2.32. The van der Waals surface area contributed by atoms with E-state index in [9.17, 15) is 19.2 Å². The lowest BCUT2D eigenvalue weighted by molar-refractivity contribution is -0.145. The van der Waals surface area contributed by atoms with Crippen LogP contribution in [0.3, 0.4) is 0 Å². The minimum absolute atomic E-state index is 0.0579. The first-order valence-electron chi connectivity index (χ1n) is 10.0. The molecule has 0 bridgehead atoms. The first-order chi connectivity index (χ1) is 14.1. The molecule has 0 saturated heterocycles. The van der Waals surface area contributed by atoms with Gasteiger partial charge in [-0.25, -0.2) is 4.79 Å². The van der Waals surface area contributed by atoms with E-state index >= 15 is 0 Å². The minimum atomic E-state index is -0.799. The number of aromatic nitrogens is 1. The van der Waals surface area contributed by atoms with Gasteiger partial charge in [0, 0.05) is 31.3 Å². The molecule has 8 heteroatoms. The summed E-state index contributed by atoms with van der Waals surface area (Å²) in [5.41, 5.74) is 1.84. The highest BCUT2D eigenvalue weighted by molar-refractivity contribution is 6.06. The molecule has 0 aliphatic rings. The molecule has 0 aliphatic carbocycles. The number of rotatable bonds is 11. The predicted molar refractivity (Wildman–Crippen MR) is 112 cm³/mol. The topological polar surface area (TPSA) is 94.9 Å². The van der Waals surface area contributed by atoms with Crippen LogP contribution in [-0.2, 0) is 26.1 Å². The Labute approximate surface area is 177 Å². The summed E-state index contributed by atoms with van der Waals surface area (Å²) < 4.78 is 11.6. The molecule has 0 aromatic carbocycles. The number of hydrogen-bond acceptors (Lipinski definition) is 6. The van der Waals surface area contributed by atoms with Gasteiger partial charge in [0.1, 0.15) is 5.69 Å². The molecule has 1 aromatic rings. The summed E-state index contributed by atoms with van der Waals surface area (Å²) in [7, 11) is 1.70. The molecule has 30 heavy (non-hydrogen) atoms. The lowest BCUT2D eigenvalue weighted by Gasteiger charge is -2.27. The molecule has 0 aliphatic heterocycles.